The first-order chi connectivity index (χ1) is 15.4. The second-order valence-corrected chi connectivity index (χ2v) is 11.7. The molecule has 0 aromatic heterocycles. The lowest BCUT2D eigenvalue weighted by Gasteiger charge is -2.45. The third kappa shape index (κ3) is 8.85. The average molecular weight is 494 g/mol. The molecule has 1 aromatic rings. The number of ether oxygens (including phenoxy) is 1. The van der Waals surface area contributed by atoms with Gasteiger partial charge >= 0.3 is 6.09 Å². The second kappa shape index (κ2) is 11.5. The molecular formula is C26H43N3O4S. The van der Waals surface area contributed by atoms with Gasteiger partial charge in [0.2, 0.25) is 11.8 Å². The van der Waals surface area contributed by atoms with E-state index in [1.165, 1.54) is 0 Å². The van der Waals surface area contributed by atoms with Crippen LogP contribution >= 0.6 is 12.6 Å². The van der Waals surface area contributed by atoms with Crippen LogP contribution in [0.4, 0.5) is 4.79 Å². The van der Waals surface area contributed by atoms with Crippen LogP contribution in [-0.4, -0.2) is 51.3 Å². The van der Waals surface area contributed by atoms with E-state index >= 15 is 0 Å². The Morgan fingerprint density at radius 1 is 1.06 bits per heavy atom. The number of alkyl carbamates (subject to hydrolysis) is 1. The van der Waals surface area contributed by atoms with Gasteiger partial charge in [-0.05, 0) is 74.3 Å². The van der Waals surface area contributed by atoms with Crippen molar-refractivity contribution in [2.24, 2.45) is 0 Å². The highest BCUT2D eigenvalue weighted by Crippen LogP contribution is 2.33. The van der Waals surface area contributed by atoms with Gasteiger partial charge in [-0.25, -0.2) is 4.79 Å². The Morgan fingerprint density at radius 2 is 1.65 bits per heavy atom. The standard InChI is InChI=1S/C26H43N3O4S/c1-11-26(9,10)29(22(31)19(16-34)27-23(32)33-25(6,7)8)20(21(30)28-24(3,4)5)18-14-12-13-17(2)15-18/h12-15,19-20,34H,11,16H2,1-10H3,(H,27,32)(H,28,30). The van der Waals surface area contributed by atoms with Gasteiger partial charge in [0.05, 0.1) is 0 Å². The Balaban J connectivity index is 3.58. The second-order valence-electron chi connectivity index (χ2n) is 11.3. The molecule has 0 heterocycles. The molecule has 0 saturated carbocycles. The molecule has 0 radical (unpaired) electrons. The van der Waals surface area contributed by atoms with Crippen LogP contribution in [0, 0.1) is 6.92 Å². The molecule has 2 N–H and O–H groups in total. The summed E-state index contributed by atoms with van der Waals surface area (Å²) in [5, 5.41) is 5.68. The number of nitrogens with one attached hydrogen (secondary N) is 2. The van der Waals surface area contributed by atoms with Crippen LogP contribution in [-0.2, 0) is 14.3 Å². The highest BCUT2D eigenvalue weighted by atomic mass is 32.1. The van der Waals surface area contributed by atoms with Crippen molar-refractivity contribution in [1.29, 1.82) is 0 Å². The molecule has 0 bridgehead atoms. The summed E-state index contributed by atoms with van der Waals surface area (Å²) in [6, 6.07) is 5.71. The number of carbonyl (C=O) groups is 3. The van der Waals surface area contributed by atoms with E-state index in [1.54, 1.807) is 25.7 Å². The average Bonchev–Trinajstić information content (AvgIpc) is 2.66. The maximum atomic E-state index is 14.0. The fourth-order valence-corrected chi connectivity index (χ4v) is 3.69. The van der Waals surface area contributed by atoms with Gasteiger partial charge in [-0.15, -0.1) is 0 Å². The van der Waals surface area contributed by atoms with Gasteiger partial charge in [0, 0.05) is 16.8 Å². The number of thiol groups is 1. The molecule has 1 aromatic carbocycles. The van der Waals surface area contributed by atoms with Crippen molar-refractivity contribution < 1.29 is 19.1 Å². The van der Waals surface area contributed by atoms with Gasteiger partial charge in [-0.3, -0.25) is 9.59 Å². The lowest BCUT2D eigenvalue weighted by atomic mass is 9.91. The van der Waals surface area contributed by atoms with Gasteiger partial charge < -0.3 is 20.3 Å². The highest BCUT2D eigenvalue weighted by Gasteiger charge is 2.43. The summed E-state index contributed by atoms with van der Waals surface area (Å²) in [5.74, 6) is -0.637. The van der Waals surface area contributed by atoms with Crippen LogP contribution in [0.15, 0.2) is 24.3 Å². The van der Waals surface area contributed by atoms with Crippen molar-refractivity contribution in [2.45, 2.75) is 104 Å². The highest BCUT2D eigenvalue weighted by molar-refractivity contribution is 7.80. The maximum Gasteiger partial charge on any atom is 0.408 e. The van der Waals surface area contributed by atoms with Crippen LogP contribution in [0.2, 0.25) is 0 Å². The molecule has 0 aliphatic heterocycles. The van der Waals surface area contributed by atoms with E-state index in [4.69, 9.17) is 4.74 Å². The van der Waals surface area contributed by atoms with E-state index in [0.29, 0.717) is 12.0 Å². The molecule has 2 unspecified atom stereocenters. The van der Waals surface area contributed by atoms with E-state index in [2.05, 4.69) is 23.3 Å². The van der Waals surface area contributed by atoms with E-state index in [9.17, 15) is 14.4 Å². The Bertz CT molecular complexity index is 872. The predicted molar refractivity (Wildman–Crippen MR) is 140 cm³/mol. The fourth-order valence-electron chi connectivity index (χ4n) is 3.44. The molecule has 7 nitrogen and oxygen atoms in total. The first-order valence-electron chi connectivity index (χ1n) is 11.7. The molecule has 192 valence electrons. The molecule has 2 atom stereocenters. The van der Waals surface area contributed by atoms with Crippen molar-refractivity contribution in [2.75, 3.05) is 5.75 Å². The van der Waals surface area contributed by atoms with E-state index in [0.717, 1.165) is 5.56 Å². The normalized spacial score (nSPS) is 14.1. The zero-order valence-corrected chi connectivity index (χ0v) is 23.3. The quantitative estimate of drug-likeness (QED) is 0.454. The predicted octanol–water partition coefficient (Wildman–Crippen LogP) is 4.79. The van der Waals surface area contributed by atoms with Crippen molar-refractivity contribution in [1.82, 2.24) is 15.5 Å². The minimum Gasteiger partial charge on any atom is -0.444 e. The number of aryl methyl sites for hydroxylation is 1. The molecular weight excluding hydrogens is 450 g/mol. The summed E-state index contributed by atoms with van der Waals surface area (Å²) >= 11 is 4.33. The van der Waals surface area contributed by atoms with E-state index < -0.39 is 40.8 Å². The Morgan fingerprint density at radius 3 is 2.09 bits per heavy atom. The minimum atomic E-state index is -0.973. The zero-order valence-electron chi connectivity index (χ0n) is 22.4. The molecule has 1 rings (SSSR count). The molecule has 0 aliphatic carbocycles. The largest absolute Gasteiger partial charge is 0.444 e. The van der Waals surface area contributed by atoms with Gasteiger partial charge in [0.25, 0.3) is 0 Å². The van der Waals surface area contributed by atoms with Crippen LogP contribution in [0.3, 0.4) is 0 Å². The number of nitrogens with zero attached hydrogens (tertiary/aromatic N) is 1. The number of rotatable bonds is 8. The molecule has 8 heteroatoms. The van der Waals surface area contributed by atoms with Gasteiger partial charge in [0.1, 0.15) is 17.7 Å². The maximum absolute atomic E-state index is 14.0. The first-order valence-corrected chi connectivity index (χ1v) is 12.4. The summed E-state index contributed by atoms with van der Waals surface area (Å²) in [6.07, 6.45) is -0.115. The van der Waals surface area contributed by atoms with Crippen LogP contribution in [0.25, 0.3) is 0 Å². The Labute approximate surface area is 210 Å². The van der Waals surface area contributed by atoms with E-state index in [-0.39, 0.29) is 11.7 Å². The Kier molecular flexibility index (Phi) is 10.1. The van der Waals surface area contributed by atoms with Gasteiger partial charge in [-0.1, -0.05) is 36.8 Å². The summed E-state index contributed by atoms with van der Waals surface area (Å²) in [6.45, 7) is 18.7. The van der Waals surface area contributed by atoms with Crippen LogP contribution in [0.1, 0.15) is 85.9 Å². The van der Waals surface area contributed by atoms with Crippen LogP contribution < -0.4 is 10.6 Å². The Hall–Kier alpha value is -2.22. The summed E-state index contributed by atoms with van der Waals surface area (Å²) in [4.78, 5) is 41.7. The SMILES string of the molecule is CCC(C)(C)N(C(=O)C(CS)NC(=O)OC(C)(C)C)C(C(=O)NC(C)(C)C)c1cccc(C)c1. The molecule has 0 saturated heterocycles. The number of benzene rings is 1. The van der Waals surface area contributed by atoms with Gasteiger partial charge in [0.15, 0.2) is 0 Å². The number of hydrogen-bond acceptors (Lipinski definition) is 5. The number of carbonyl (C=O) groups excluding carboxylic acids is 3. The van der Waals surface area contributed by atoms with Gasteiger partial charge in [-0.2, -0.15) is 12.6 Å². The summed E-state index contributed by atoms with van der Waals surface area (Å²) < 4.78 is 5.35. The lowest BCUT2D eigenvalue weighted by Crippen LogP contribution is -2.60. The first kappa shape index (κ1) is 29.8. The van der Waals surface area contributed by atoms with Crippen molar-refractivity contribution in [3.8, 4) is 0 Å². The smallest absolute Gasteiger partial charge is 0.408 e. The molecule has 0 spiro atoms. The van der Waals surface area contributed by atoms with E-state index in [1.807, 2.05) is 72.7 Å². The third-order valence-electron chi connectivity index (χ3n) is 5.29. The molecule has 3 amide bonds. The number of hydrogen-bond donors (Lipinski definition) is 3. The lowest BCUT2D eigenvalue weighted by molar-refractivity contribution is -0.149. The fraction of sp³-hybridized carbons (Fsp3) is 0.654. The topological polar surface area (TPSA) is 87.7 Å². The van der Waals surface area contributed by atoms with Crippen molar-refractivity contribution in [3.05, 3.63) is 35.4 Å². The van der Waals surface area contributed by atoms with Crippen LogP contribution in [0.5, 0.6) is 0 Å². The van der Waals surface area contributed by atoms with Crippen molar-refractivity contribution >= 4 is 30.5 Å². The minimum absolute atomic E-state index is 0.0514. The number of amides is 3. The molecule has 0 fully saturated rings. The summed E-state index contributed by atoms with van der Waals surface area (Å²) in [7, 11) is 0. The zero-order chi connectivity index (χ0) is 26.5. The van der Waals surface area contributed by atoms with Crippen molar-refractivity contribution in [3.63, 3.8) is 0 Å². The molecule has 34 heavy (non-hydrogen) atoms. The summed E-state index contributed by atoms with van der Waals surface area (Å²) in [5.41, 5.74) is -0.232. The molecule has 0 aliphatic rings. The monoisotopic (exact) mass is 493 g/mol. The third-order valence-corrected chi connectivity index (χ3v) is 5.65.